The Balaban J connectivity index is 1.41. The Kier molecular flexibility index (Phi) is 6.23. The maximum Gasteiger partial charge on any atom is 0.246 e. The van der Waals surface area contributed by atoms with Crippen molar-refractivity contribution < 1.29 is 14.0 Å². The number of hydrogen-bond acceptors (Lipinski definition) is 4. The lowest BCUT2D eigenvalue weighted by Crippen LogP contribution is -2.38. The Morgan fingerprint density at radius 1 is 1.03 bits per heavy atom. The van der Waals surface area contributed by atoms with Crippen molar-refractivity contribution in [3.05, 3.63) is 90.0 Å². The van der Waals surface area contributed by atoms with Gasteiger partial charge in [0.1, 0.15) is 12.3 Å². The van der Waals surface area contributed by atoms with Crippen LogP contribution in [-0.2, 0) is 16.1 Å². The van der Waals surface area contributed by atoms with E-state index >= 15 is 0 Å². The van der Waals surface area contributed by atoms with Crippen LogP contribution in [0, 0.1) is 19.8 Å². The van der Waals surface area contributed by atoms with Crippen LogP contribution in [0.2, 0.25) is 0 Å². The van der Waals surface area contributed by atoms with Gasteiger partial charge in [-0.25, -0.2) is 4.98 Å². The van der Waals surface area contributed by atoms with Crippen LogP contribution >= 0.6 is 0 Å². The average Bonchev–Trinajstić information content (AvgIpc) is 3.42. The first-order valence-corrected chi connectivity index (χ1v) is 11.8. The quantitative estimate of drug-likeness (QED) is 0.389. The molecule has 7 heteroatoms. The van der Waals surface area contributed by atoms with Crippen LogP contribution in [0.15, 0.2) is 77.5 Å². The topological polar surface area (TPSA) is 80.4 Å². The minimum absolute atomic E-state index is 0.000414. The molecule has 1 saturated carbocycles. The van der Waals surface area contributed by atoms with Crippen molar-refractivity contribution in [3.63, 3.8) is 0 Å². The largest absolute Gasteiger partial charge is 0.467 e. The van der Waals surface area contributed by atoms with Gasteiger partial charge in [0, 0.05) is 23.4 Å². The lowest BCUT2D eigenvalue weighted by Gasteiger charge is -2.21. The molecular formula is C28H28N4O3. The van der Waals surface area contributed by atoms with Crippen molar-refractivity contribution in [2.45, 2.75) is 33.2 Å². The normalized spacial score (nSPS) is 13.0. The van der Waals surface area contributed by atoms with E-state index in [4.69, 9.17) is 9.40 Å². The molecule has 5 rings (SSSR count). The van der Waals surface area contributed by atoms with Gasteiger partial charge in [-0.1, -0.05) is 47.5 Å². The second kappa shape index (κ2) is 9.62. The zero-order valence-electron chi connectivity index (χ0n) is 19.9. The molecule has 35 heavy (non-hydrogen) atoms. The van der Waals surface area contributed by atoms with E-state index in [0.717, 1.165) is 40.9 Å². The van der Waals surface area contributed by atoms with E-state index in [1.807, 2.05) is 79.2 Å². The summed E-state index contributed by atoms with van der Waals surface area (Å²) in [5.74, 6) is 0.736. The Morgan fingerprint density at radius 2 is 1.71 bits per heavy atom. The fourth-order valence-corrected chi connectivity index (χ4v) is 3.96. The number of aryl methyl sites for hydroxylation is 2. The number of hydrogen-bond donors (Lipinski definition) is 1. The number of carbonyl (C=O) groups is 2. The van der Waals surface area contributed by atoms with Crippen LogP contribution in [0.1, 0.15) is 29.7 Å². The molecule has 1 aliphatic carbocycles. The first-order valence-electron chi connectivity index (χ1n) is 11.8. The van der Waals surface area contributed by atoms with E-state index in [1.54, 1.807) is 17.2 Å². The van der Waals surface area contributed by atoms with Crippen LogP contribution in [0.5, 0.6) is 0 Å². The highest BCUT2D eigenvalue weighted by Crippen LogP contribution is 2.31. The number of carbonyl (C=O) groups excluding carboxylic acids is 2. The van der Waals surface area contributed by atoms with E-state index in [-0.39, 0.29) is 30.8 Å². The molecule has 0 spiro atoms. The number of rotatable bonds is 8. The Bertz CT molecular complexity index is 1320. The van der Waals surface area contributed by atoms with Crippen molar-refractivity contribution >= 4 is 17.8 Å². The average molecular weight is 469 g/mol. The minimum Gasteiger partial charge on any atom is -0.467 e. The first-order chi connectivity index (χ1) is 17.0. The molecule has 2 aromatic heterocycles. The third-order valence-electron chi connectivity index (χ3n) is 6.12. The Hall–Kier alpha value is -4.13. The predicted molar refractivity (Wildman–Crippen MR) is 134 cm³/mol. The smallest absolute Gasteiger partial charge is 0.246 e. The minimum atomic E-state index is -0.306. The highest BCUT2D eigenvalue weighted by molar-refractivity contribution is 5.94. The fourth-order valence-electron chi connectivity index (χ4n) is 3.96. The molecule has 0 atom stereocenters. The van der Waals surface area contributed by atoms with Gasteiger partial charge in [0.25, 0.3) is 0 Å². The second-order valence-electron chi connectivity index (χ2n) is 9.12. The first kappa shape index (κ1) is 22.7. The van der Waals surface area contributed by atoms with Crippen molar-refractivity contribution in [2.24, 2.45) is 5.92 Å². The summed E-state index contributed by atoms with van der Waals surface area (Å²) in [6, 6.07) is 19.7. The molecule has 7 nitrogen and oxygen atoms in total. The van der Waals surface area contributed by atoms with Crippen LogP contribution in [0.3, 0.4) is 0 Å². The van der Waals surface area contributed by atoms with E-state index in [2.05, 4.69) is 5.32 Å². The number of amides is 2. The lowest BCUT2D eigenvalue weighted by molar-refractivity contribution is -0.136. The van der Waals surface area contributed by atoms with Gasteiger partial charge in [0.05, 0.1) is 18.5 Å². The van der Waals surface area contributed by atoms with Crippen molar-refractivity contribution in [3.8, 4) is 16.9 Å². The van der Waals surface area contributed by atoms with Crippen molar-refractivity contribution in [2.75, 3.05) is 11.9 Å². The number of aromatic nitrogens is 2. The van der Waals surface area contributed by atoms with E-state index in [9.17, 15) is 9.59 Å². The molecule has 2 heterocycles. The van der Waals surface area contributed by atoms with Crippen LogP contribution in [0.4, 0.5) is 5.95 Å². The summed E-state index contributed by atoms with van der Waals surface area (Å²) in [7, 11) is 0. The zero-order valence-corrected chi connectivity index (χ0v) is 19.9. The van der Waals surface area contributed by atoms with E-state index < -0.39 is 0 Å². The maximum atomic E-state index is 13.1. The molecule has 4 aromatic rings. The molecule has 0 radical (unpaired) electrons. The van der Waals surface area contributed by atoms with Gasteiger partial charge in [-0.3, -0.25) is 19.5 Å². The Labute approximate surface area is 204 Å². The molecule has 2 aromatic carbocycles. The van der Waals surface area contributed by atoms with Crippen LogP contribution < -0.4 is 5.32 Å². The summed E-state index contributed by atoms with van der Waals surface area (Å²) in [4.78, 5) is 32.3. The molecule has 0 aliphatic heterocycles. The molecule has 0 bridgehead atoms. The number of nitrogens with one attached hydrogen (secondary N) is 1. The summed E-state index contributed by atoms with van der Waals surface area (Å²) in [5, 5.41) is 2.94. The molecular weight excluding hydrogens is 440 g/mol. The van der Waals surface area contributed by atoms with Gasteiger partial charge in [-0.15, -0.1) is 0 Å². The maximum absolute atomic E-state index is 13.1. The Morgan fingerprint density at radius 3 is 2.34 bits per heavy atom. The molecule has 2 amide bonds. The summed E-state index contributed by atoms with van der Waals surface area (Å²) < 4.78 is 7.29. The van der Waals surface area contributed by atoms with E-state index in [1.165, 1.54) is 0 Å². The predicted octanol–water partition coefficient (Wildman–Crippen LogP) is 5.13. The van der Waals surface area contributed by atoms with Gasteiger partial charge < -0.3 is 9.32 Å². The molecule has 178 valence electrons. The molecule has 0 unspecified atom stereocenters. The summed E-state index contributed by atoms with van der Waals surface area (Å²) in [6.45, 7) is 4.26. The number of nitrogens with zero attached hydrogens (tertiary/aromatic N) is 3. The van der Waals surface area contributed by atoms with Gasteiger partial charge in [0.15, 0.2) is 0 Å². The number of anilines is 1. The van der Waals surface area contributed by atoms with E-state index in [0.29, 0.717) is 11.7 Å². The monoisotopic (exact) mass is 468 g/mol. The number of imidazole rings is 1. The van der Waals surface area contributed by atoms with Crippen LogP contribution in [0.25, 0.3) is 16.9 Å². The lowest BCUT2D eigenvalue weighted by atomic mass is 10.1. The van der Waals surface area contributed by atoms with Gasteiger partial charge >= 0.3 is 0 Å². The zero-order chi connectivity index (χ0) is 24.4. The molecule has 1 aliphatic rings. The summed E-state index contributed by atoms with van der Waals surface area (Å²) >= 11 is 0. The molecule has 1 N–H and O–H groups in total. The fraction of sp³-hybridized carbons (Fsp3) is 0.250. The van der Waals surface area contributed by atoms with Gasteiger partial charge in [0.2, 0.25) is 17.8 Å². The third kappa shape index (κ3) is 5.35. The summed E-state index contributed by atoms with van der Waals surface area (Å²) in [5.41, 5.74) is 4.91. The molecule has 1 fully saturated rings. The van der Waals surface area contributed by atoms with Crippen molar-refractivity contribution in [1.29, 1.82) is 0 Å². The molecule has 0 saturated heterocycles. The van der Waals surface area contributed by atoms with Gasteiger partial charge in [-0.2, -0.15) is 0 Å². The SMILES string of the molecule is Cc1ccc(-c2cn(-c3ccc(C)cc3)c(NC(=O)CN(Cc3ccco3)C(=O)C3CC3)n2)cc1. The summed E-state index contributed by atoms with van der Waals surface area (Å²) in [6.07, 6.45) is 5.22. The standard InChI is InChI=1S/C28H28N4O3/c1-19-5-9-21(10-6-19)25-17-32(23-13-7-20(2)8-14-23)28(29-25)30-26(33)18-31(27(34)22-11-12-22)16-24-4-3-15-35-24/h3-10,13-15,17,22H,11-12,16,18H2,1-2H3,(H,29,30,33). The third-order valence-corrected chi connectivity index (χ3v) is 6.12. The second-order valence-corrected chi connectivity index (χ2v) is 9.12. The van der Waals surface area contributed by atoms with Crippen molar-refractivity contribution in [1.82, 2.24) is 14.5 Å². The highest BCUT2D eigenvalue weighted by atomic mass is 16.3. The highest BCUT2D eigenvalue weighted by Gasteiger charge is 2.34. The number of furan rings is 1. The van der Waals surface area contributed by atoms with Gasteiger partial charge in [-0.05, 0) is 51.0 Å². The number of benzene rings is 2. The van der Waals surface area contributed by atoms with Crippen LogP contribution in [-0.4, -0.2) is 32.8 Å².